The molecule has 3 heterocycles. The van der Waals surface area contributed by atoms with Crippen molar-refractivity contribution in [1.82, 2.24) is 19.5 Å². The second-order valence-corrected chi connectivity index (χ2v) is 7.96. The summed E-state index contributed by atoms with van der Waals surface area (Å²) in [5.41, 5.74) is -2.88. The van der Waals surface area contributed by atoms with E-state index in [9.17, 15) is 28.5 Å². The number of hydrogen-bond acceptors (Lipinski definition) is 9. The number of aliphatic hydroxyl groups is 3. The molecular formula is C18H18F3N5O4S. The first kappa shape index (κ1) is 21.8. The van der Waals surface area contributed by atoms with Gasteiger partial charge in [0.2, 0.25) is 0 Å². The zero-order valence-corrected chi connectivity index (χ0v) is 16.6. The Bertz CT molecular complexity index is 1050. The van der Waals surface area contributed by atoms with E-state index in [1.54, 1.807) is 12.1 Å². The summed E-state index contributed by atoms with van der Waals surface area (Å²) in [6.07, 6.45) is -1.80. The number of aromatic nitrogens is 4. The van der Waals surface area contributed by atoms with Gasteiger partial charge in [-0.05, 0) is 29.5 Å². The Kier molecular flexibility index (Phi) is 6.03. The lowest BCUT2D eigenvalue weighted by molar-refractivity contribution is -0.0511. The van der Waals surface area contributed by atoms with Gasteiger partial charge in [0.25, 0.3) is 0 Å². The molecule has 0 saturated carbocycles. The minimum absolute atomic E-state index is 0.0953. The largest absolute Gasteiger partial charge is 0.446 e. The maximum absolute atomic E-state index is 12.4. The van der Waals surface area contributed by atoms with Crippen molar-refractivity contribution in [3.63, 3.8) is 0 Å². The van der Waals surface area contributed by atoms with E-state index in [0.717, 1.165) is 5.56 Å². The Morgan fingerprint density at radius 3 is 2.48 bits per heavy atom. The normalized spacial score (nSPS) is 24.1. The summed E-state index contributed by atoms with van der Waals surface area (Å²) < 4.78 is 44.3. The highest BCUT2D eigenvalue weighted by Crippen LogP contribution is 2.37. The molecule has 0 aliphatic carbocycles. The molecule has 4 N–H and O–H groups in total. The number of fused-ring (bicyclic) bond motifs is 1. The molecule has 4 rings (SSSR count). The van der Waals surface area contributed by atoms with Crippen molar-refractivity contribution in [1.29, 1.82) is 0 Å². The highest BCUT2D eigenvalue weighted by Gasteiger charge is 2.44. The van der Waals surface area contributed by atoms with E-state index >= 15 is 0 Å². The first-order chi connectivity index (χ1) is 14.8. The van der Waals surface area contributed by atoms with Crippen LogP contribution in [0.2, 0.25) is 0 Å². The predicted molar refractivity (Wildman–Crippen MR) is 104 cm³/mol. The summed E-state index contributed by atoms with van der Waals surface area (Å²) in [7, 11) is 0. The molecule has 1 saturated heterocycles. The van der Waals surface area contributed by atoms with Gasteiger partial charge >= 0.3 is 5.51 Å². The van der Waals surface area contributed by atoms with Crippen LogP contribution >= 0.6 is 11.8 Å². The van der Waals surface area contributed by atoms with Crippen molar-refractivity contribution in [2.75, 3.05) is 11.9 Å². The molecule has 0 amide bonds. The maximum atomic E-state index is 12.4. The van der Waals surface area contributed by atoms with E-state index in [0.29, 0.717) is 17.0 Å². The Balaban J connectivity index is 1.50. The second-order valence-electron chi connectivity index (χ2n) is 6.82. The smallest absolute Gasteiger partial charge is 0.394 e. The number of ether oxygens (including phenoxy) is 1. The zero-order chi connectivity index (χ0) is 22.2. The van der Waals surface area contributed by atoms with Gasteiger partial charge in [0.05, 0.1) is 12.9 Å². The highest BCUT2D eigenvalue weighted by molar-refractivity contribution is 8.00. The molecule has 1 fully saturated rings. The SMILES string of the molecule is OC[C@H]1O[C@@H](n2cnc3c(NCc4ccc(SC(F)(F)F)cc4)ncnc32)[C@H](O)[C@@H]1O. The fraction of sp³-hybridized carbons (Fsp3) is 0.389. The minimum Gasteiger partial charge on any atom is -0.394 e. The van der Waals surface area contributed by atoms with Crippen molar-refractivity contribution in [3.8, 4) is 0 Å². The summed E-state index contributed by atoms with van der Waals surface area (Å²) in [6.45, 7) is -0.173. The fourth-order valence-corrected chi connectivity index (χ4v) is 3.81. The molecule has 9 nitrogen and oxygen atoms in total. The summed E-state index contributed by atoms with van der Waals surface area (Å²) in [5.74, 6) is 0.379. The number of nitrogens with one attached hydrogen (secondary N) is 1. The molecule has 13 heteroatoms. The van der Waals surface area contributed by atoms with Gasteiger partial charge in [0.1, 0.15) is 24.6 Å². The molecule has 31 heavy (non-hydrogen) atoms. The van der Waals surface area contributed by atoms with E-state index in [-0.39, 0.29) is 23.2 Å². The van der Waals surface area contributed by atoms with E-state index in [2.05, 4.69) is 20.3 Å². The van der Waals surface area contributed by atoms with Gasteiger partial charge in [-0.15, -0.1) is 0 Å². The minimum atomic E-state index is -4.34. The second kappa shape index (κ2) is 8.59. The van der Waals surface area contributed by atoms with Crippen LogP contribution in [-0.4, -0.2) is 65.3 Å². The van der Waals surface area contributed by atoms with Crippen molar-refractivity contribution in [3.05, 3.63) is 42.5 Å². The quantitative estimate of drug-likeness (QED) is 0.409. The van der Waals surface area contributed by atoms with Gasteiger partial charge in [-0.2, -0.15) is 13.2 Å². The molecule has 0 unspecified atom stereocenters. The molecule has 0 spiro atoms. The van der Waals surface area contributed by atoms with E-state index in [1.807, 2.05) is 0 Å². The average molecular weight is 457 g/mol. The van der Waals surface area contributed by atoms with Crippen LogP contribution in [0.15, 0.2) is 41.8 Å². The fourth-order valence-electron chi connectivity index (χ4n) is 3.27. The van der Waals surface area contributed by atoms with Crippen LogP contribution in [0, 0.1) is 0 Å². The molecule has 4 atom stereocenters. The number of aliphatic hydroxyl groups excluding tert-OH is 3. The van der Waals surface area contributed by atoms with Crippen LogP contribution in [0.1, 0.15) is 11.8 Å². The standard InChI is InChI=1S/C18H18F3N5O4S/c19-18(20,21)31-10-3-1-9(2-4-10)5-22-15-12-16(24-7-23-15)26(8-25-12)17-14(29)13(28)11(6-27)30-17/h1-4,7-8,11,13-14,17,27-29H,5-6H2,(H,22,23,24)/t11-,13-,14-,17-/m1/s1. The number of halogens is 3. The Morgan fingerprint density at radius 1 is 1.10 bits per heavy atom. The van der Waals surface area contributed by atoms with Crippen LogP contribution in [0.3, 0.4) is 0 Å². The van der Waals surface area contributed by atoms with Gasteiger partial charge in [0.15, 0.2) is 23.2 Å². The summed E-state index contributed by atoms with van der Waals surface area (Å²) in [5, 5.41) is 32.5. The third-order valence-electron chi connectivity index (χ3n) is 4.77. The van der Waals surface area contributed by atoms with Crippen LogP contribution in [0.5, 0.6) is 0 Å². The topological polar surface area (TPSA) is 126 Å². The van der Waals surface area contributed by atoms with Gasteiger partial charge in [-0.25, -0.2) is 15.0 Å². The number of anilines is 1. The van der Waals surface area contributed by atoms with Crippen molar-refractivity contribution < 1.29 is 33.2 Å². The van der Waals surface area contributed by atoms with E-state index in [1.165, 1.54) is 29.4 Å². The van der Waals surface area contributed by atoms with Crippen molar-refractivity contribution >= 4 is 28.7 Å². The molecule has 1 aromatic carbocycles. The number of rotatable bonds is 6. The van der Waals surface area contributed by atoms with Crippen LogP contribution in [-0.2, 0) is 11.3 Å². The van der Waals surface area contributed by atoms with Gasteiger partial charge in [-0.1, -0.05) is 12.1 Å². The molecule has 2 aromatic heterocycles. The van der Waals surface area contributed by atoms with Crippen molar-refractivity contribution in [2.45, 2.75) is 41.5 Å². The maximum Gasteiger partial charge on any atom is 0.446 e. The summed E-state index contributed by atoms with van der Waals surface area (Å²) in [4.78, 5) is 12.7. The average Bonchev–Trinajstić information content (AvgIpc) is 3.28. The predicted octanol–water partition coefficient (Wildman–Crippen LogP) is 1.66. The third kappa shape index (κ3) is 4.60. The molecule has 1 aliphatic heterocycles. The number of hydrogen-bond donors (Lipinski definition) is 4. The van der Waals surface area contributed by atoms with Crippen molar-refractivity contribution in [2.24, 2.45) is 0 Å². The monoisotopic (exact) mass is 457 g/mol. The zero-order valence-electron chi connectivity index (χ0n) is 15.8. The number of alkyl halides is 3. The van der Waals surface area contributed by atoms with Crippen LogP contribution in [0.25, 0.3) is 11.2 Å². The van der Waals surface area contributed by atoms with Crippen LogP contribution < -0.4 is 5.32 Å². The third-order valence-corrected chi connectivity index (χ3v) is 5.51. The molecule has 0 bridgehead atoms. The number of nitrogens with zero attached hydrogens (tertiary/aromatic N) is 4. The molecule has 3 aromatic rings. The lowest BCUT2D eigenvalue weighted by Crippen LogP contribution is -2.33. The molecule has 166 valence electrons. The first-order valence-electron chi connectivity index (χ1n) is 9.15. The van der Waals surface area contributed by atoms with Gasteiger partial charge in [0, 0.05) is 11.4 Å². The highest BCUT2D eigenvalue weighted by atomic mass is 32.2. The van der Waals surface area contributed by atoms with Crippen LogP contribution in [0.4, 0.5) is 19.0 Å². The Labute approximate surface area is 177 Å². The van der Waals surface area contributed by atoms with Gasteiger partial charge < -0.3 is 25.4 Å². The van der Waals surface area contributed by atoms with E-state index in [4.69, 9.17) is 4.74 Å². The molecule has 1 aliphatic rings. The lowest BCUT2D eigenvalue weighted by atomic mass is 10.1. The Morgan fingerprint density at radius 2 is 1.84 bits per heavy atom. The number of benzene rings is 1. The summed E-state index contributed by atoms with van der Waals surface area (Å²) >= 11 is -0.177. The number of thioether (sulfide) groups is 1. The first-order valence-corrected chi connectivity index (χ1v) is 9.97. The molecular weight excluding hydrogens is 439 g/mol. The lowest BCUT2D eigenvalue weighted by Gasteiger charge is -2.16. The van der Waals surface area contributed by atoms with E-state index < -0.39 is 36.7 Å². The number of imidazole rings is 1. The molecule has 0 radical (unpaired) electrons. The summed E-state index contributed by atoms with van der Waals surface area (Å²) in [6, 6.07) is 5.94. The Hall–Kier alpha value is -2.45. The van der Waals surface area contributed by atoms with Gasteiger partial charge in [-0.3, -0.25) is 4.57 Å².